The van der Waals surface area contributed by atoms with E-state index in [1.807, 2.05) is 19.9 Å². The molecule has 0 heterocycles. The van der Waals surface area contributed by atoms with Gasteiger partial charge in [-0.25, -0.2) is 0 Å². The van der Waals surface area contributed by atoms with Crippen molar-refractivity contribution in [1.82, 2.24) is 10.6 Å². The van der Waals surface area contributed by atoms with Crippen molar-refractivity contribution >= 4 is 29.9 Å². The molecule has 0 unspecified atom stereocenters. The molecule has 0 aromatic heterocycles. The standard InChI is InChI=1S/C19H33N3O3.HI/c1-5-24-14-8-13-22-19(20-3)21-12-7-9-16-10-11-17(23-4)18(15-16)25-6-2;/h10-11,15H,5-9,12-14H2,1-4H3,(H2,20,21,22);1H. The summed E-state index contributed by atoms with van der Waals surface area (Å²) >= 11 is 0. The van der Waals surface area contributed by atoms with Crippen LogP contribution in [-0.2, 0) is 11.2 Å². The largest absolute Gasteiger partial charge is 0.493 e. The first-order chi connectivity index (χ1) is 12.2. The molecule has 0 aliphatic heterocycles. The van der Waals surface area contributed by atoms with E-state index in [4.69, 9.17) is 14.2 Å². The van der Waals surface area contributed by atoms with Gasteiger partial charge in [0.15, 0.2) is 17.5 Å². The van der Waals surface area contributed by atoms with Gasteiger partial charge in [-0.3, -0.25) is 4.99 Å². The highest BCUT2D eigenvalue weighted by atomic mass is 127. The summed E-state index contributed by atoms with van der Waals surface area (Å²) < 4.78 is 16.3. The highest BCUT2D eigenvalue weighted by Gasteiger charge is 2.05. The number of ether oxygens (including phenoxy) is 3. The first kappa shape index (κ1) is 24.8. The van der Waals surface area contributed by atoms with Crippen LogP contribution in [0, 0.1) is 0 Å². The summed E-state index contributed by atoms with van der Waals surface area (Å²) in [5.41, 5.74) is 1.24. The lowest BCUT2D eigenvalue weighted by Crippen LogP contribution is -2.38. The fraction of sp³-hybridized carbons (Fsp3) is 0.632. The molecule has 0 aliphatic rings. The number of aliphatic imine (C=N–C) groups is 1. The quantitative estimate of drug-likeness (QED) is 0.209. The molecular formula is C19H34IN3O3. The molecule has 26 heavy (non-hydrogen) atoms. The number of nitrogens with zero attached hydrogens (tertiary/aromatic N) is 1. The second kappa shape index (κ2) is 16.0. The van der Waals surface area contributed by atoms with Gasteiger partial charge >= 0.3 is 0 Å². The van der Waals surface area contributed by atoms with Gasteiger partial charge in [0.25, 0.3) is 0 Å². The van der Waals surface area contributed by atoms with Crippen molar-refractivity contribution in [2.75, 3.05) is 47.1 Å². The number of hydrogen-bond acceptors (Lipinski definition) is 4. The maximum atomic E-state index is 5.62. The van der Waals surface area contributed by atoms with Gasteiger partial charge in [0.1, 0.15) is 0 Å². The van der Waals surface area contributed by atoms with Crippen LogP contribution in [0.15, 0.2) is 23.2 Å². The summed E-state index contributed by atoms with van der Waals surface area (Å²) in [4.78, 5) is 4.23. The zero-order valence-corrected chi connectivity index (χ0v) is 18.8. The monoisotopic (exact) mass is 479 g/mol. The zero-order chi connectivity index (χ0) is 18.3. The average Bonchev–Trinajstić information content (AvgIpc) is 2.63. The number of hydrogen-bond donors (Lipinski definition) is 2. The Morgan fingerprint density at radius 2 is 1.77 bits per heavy atom. The molecule has 0 aliphatic carbocycles. The summed E-state index contributed by atoms with van der Waals surface area (Å²) in [7, 11) is 3.45. The normalized spacial score (nSPS) is 10.8. The van der Waals surface area contributed by atoms with E-state index in [1.54, 1.807) is 14.2 Å². The molecule has 6 nitrogen and oxygen atoms in total. The Bertz CT molecular complexity index is 513. The van der Waals surface area contributed by atoms with Crippen molar-refractivity contribution in [2.24, 2.45) is 4.99 Å². The Kier molecular flexibility index (Phi) is 15.2. The van der Waals surface area contributed by atoms with Crippen molar-refractivity contribution < 1.29 is 14.2 Å². The molecule has 0 bridgehead atoms. The van der Waals surface area contributed by atoms with E-state index in [-0.39, 0.29) is 24.0 Å². The van der Waals surface area contributed by atoms with Crippen LogP contribution in [0.1, 0.15) is 32.3 Å². The van der Waals surface area contributed by atoms with Crippen LogP contribution in [0.25, 0.3) is 0 Å². The number of aryl methyl sites for hydroxylation is 1. The Morgan fingerprint density at radius 3 is 2.38 bits per heavy atom. The lowest BCUT2D eigenvalue weighted by molar-refractivity contribution is 0.145. The molecule has 1 aromatic rings. The van der Waals surface area contributed by atoms with Crippen LogP contribution in [0.4, 0.5) is 0 Å². The number of benzene rings is 1. The minimum atomic E-state index is 0. The smallest absolute Gasteiger partial charge is 0.190 e. The van der Waals surface area contributed by atoms with Crippen LogP contribution in [0.5, 0.6) is 11.5 Å². The molecule has 0 radical (unpaired) electrons. The van der Waals surface area contributed by atoms with E-state index in [9.17, 15) is 0 Å². The third kappa shape index (κ3) is 10.1. The minimum absolute atomic E-state index is 0. The SMILES string of the molecule is CCOCCCNC(=NC)NCCCc1ccc(OC)c(OCC)c1.I. The van der Waals surface area contributed by atoms with Crippen LogP contribution in [0.2, 0.25) is 0 Å². The summed E-state index contributed by atoms with van der Waals surface area (Å²) in [6.45, 7) is 7.88. The fourth-order valence-corrected chi connectivity index (χ4v) is 2.39. The van der Waals surface area contributed by atoms with E-state index in [0.717, 1.165) is 63.0 Å². The Hall–Kier alpha value is -1.22. The first-order valence-corrected chi connectivity index (χ1v) is 9.07. The van der Waals surface area contributed by atoms with Gasteiger partial charge in [-0.1, -0.05) is 6.07 Å². The lowest BCUT2D eigenvalue weighted by Gasteiger charge is -2.13. The van der Waals surface area contributed by atoms with E-state index >= 15 is 0 Å². The Balaban J connectivity index is 0.00000625. The molecule has 7 heteroatoms. The van der Waals surface area contributed by atoms with Gasteiger partial charge in [0.05, 0.1) is 13.7 Å². The number of halogens is 1. The molecule has 0 spiro atoms. The first-order valence-electron chi connectivity index (χ1n) is 9.07. The molecule has 0 saturated carbocycles. The predicted molar refractivity (Wildman–Crippen MR) is 118 cm³/mol. The molecule has 0 amide bonds. The maximum Gasteiger partial charge on any atom is 0.190 e. The van der Waals surface area contributed by atoms with Gasteiger partial charge in [0.2, 0.25) is 0 Å². The molecule has 2 N–H and O–H groups in total. The van der Waals surface area contributed by atoms with Crippen molar-refractivity contribution in [2.45, 2.75) is 33.1 Å². The number of methoxy groups -OCH3 is 1. The summed E-state index contributed by atoms with van der Waals surface area (Å²) in [5, 5.41) is 6.63. The third-order valence-corrected chi connectivity index (χ3v) is 3.65. The topological polar surface area (TPSA) is 64.1 Å². The van der Waals surface area contributed by atoms with Gasteiger partial charge in [-0.2, -0.15) is 0 Å². The van der Waals surface area contributed by atoms with Crippen LogP contribution >= 0.6 is 24.0 Å². The third-order valence-electron chi connectivity index (χ3n) is 3.65. The number of rotatable bonds is 12. The highest BCUT2D eigenvalue weighted by molar-refractivity contribution is 14.0. The minimum Gasteiger partial charge on any atom is -0.493 e. The van der Waals surface area contributed by atoms with Crippen molar-refractivity contribution in [3.05, 3.63) is 23.8 Å². The fourth-order valence-electron chi connectivity index (χ4n) is 2.39. The second-order valence-corrected chi connectivity index (χ2v) is 5.50. The van der Waals surface area contributed by atoms with Crippen molar-refractivity contribution in [1.29, 1.82) is 0 Å². The number of nitrogens with one attached hydrogen (secondary N) is 2. The van der Waals surface area contributed by atoms with Gasteiger partial charge in [0, 0.05) is 33.4 Å². The van der Waals surface area contributed by atoms with E-state index in [2.05, 4.69) is 27.8 Å². The number of guanidine groups is 1. The van der Waals surface area contributed by atoms with E-state index < -0.39 is 0 Å². The molecule has 150 valence electrons. The zero-order valence-electron chi connectivity index (χ0n) is 16.5. The summed E-state index contributed by atoms with van der Waals surface area (Å²) in [5.74, 6) is 2.42. The Labute approximate surface area is 175 Å². The van der Waals surface area contributed by atoms with Gasteiger partial charge in [-0.15, -0.1) is 24.0 Å². The maximum absolute atomic E-state index is 5.62. The van der Waals surface area contributed by atoms with Crippen LogP contribution in [-0.4, -0.2) is 53.0 Å². The molecule has 0 saturated heterocycles. The van der Waals surface area contributed by atoms with E-state index in [0.29, 0.717) is 6.61 Å². The molecule has 1 rings (SSSR count). The lowest BCUT2D eigenvalue weighted by atomic mass is 10.1. The molecule has 1 aromatic carbocycles. The molecular weight excluding hydrogens is 445 g/mol. The average molecular weight is 479 g/mol. The van der Waals surface area contributed by atoms with Gasteiger partial charge < -0.3 is 24.8 Å². The molecule has 0 fully saturated rings. The summed E-state index contributed by atoms with van der Waals surface area (Å²) in [6.07, 6.45) is 2.95. The highest BCUT2D eigenvalue weighted by Crippen LogP contribution is 2.28. The predicted octanol–water partition coefficient (Wildman–Crippen LogP) is 3.24. The van der Waals surface area contributed by atoms with Crippen molar-refractivity contribution in [3.63, 3.8) is 0 Å². The Morgan fingerprint density at radius 1 is 1.04 bits per heavy atom. The van der Waals surface area contributed by atoms with Crippen LogP contribution in [0.3, 0.4) is 0 Å². The summed E-state index contributed by atoms with van der Waals surface area (Å²) in [6, 6.07) is 6.11. The van der Waals surface area contributed by atoms with Crippen molar-refractivity contribution in [3.8, 4) is 11.5 Å². The van der Waals surface area contributed by atoms with Crippen LogP contribution < -0.4 is 20.1 Å². The van der Waals surface area contributed by atoms with Gasteiger partial charge in [-0.05, 0) is 50.8 Å². The molecule has 0 atom stereocenters. The second-order valence-electron chi connectivity index (χ2n) is 5.50. The van der Waals surface area contributed by atoms with E-state index in [1.165, 1.54) is 5.56 Å².